The lowest BCUT2D eigenvalue weighted by molar-refractivity contribution is -0.384. The lowest BCUT2D eigenvalue weighted by Gasteiger charge is -2.32. The second-order valence-corrected chi connectivity index (χ2v) is 10.8. The number of non-ortho nitro benzene ring substituents is 1. The summed E-state index contributed by atoms with van der Waals surface area (Å²) in [4.78, 5) is 38.1. The van der Waals surface area contributed by atoms with E-state index in [-0.39, 0.29) is 23.9 Å². The molecular formula is C24H31FN4O7S. The van der Waals surface area contributed by atoms with Crippen LogP contribution in [0.25, 0.3) is 0 Å². The molecule has 2 aromatic carbocycles. The summed E-state index contributed by atoms with van der Waals surface area (Å²) < 4.78 is 44.8. The number of sulfonamides is 1. The van der Waals surface area contributed by atoms with Crippen LogP contribution in [0.5, 0.6) is 5.75 Å². The Hall–Kier alpha value is -3.74. The zero-order chi connectivity index (χ0) is 27.9. The molecule has 1 atom stereocenters. The lowest BCUT2D eigenvalue weighted by Crippen LogP contribution is -2.51. The molecule has 0 saturated heterocycles. The number of carbonyl (C=O) groups is 2. The number of nitrogens with one attached hydrogen (secondary N) is 1. The Bertz CT molecular complexity index is 1240. The average molecular weight is 539 g/mol. The van der Waals surface area contributed by atoms with Crippen LogP contribution in [0, 0.1) is 21.8 Å². The second kappa shape index (κ2) is 12.5. The summed E-state index contributed by atoms with van der Waals surface area (Å²) in [5, 5.41) is 14.1. The summed E-state index contributed by atoms with van der Waals surface area (Å²) in [5.74, 6) is -1.54. The van der Waals surface area contributed by atoms with E-state index in [0.29, 0.717) is 16.4 Å². The summed E-state index contributed by atoms with van der Waals surface area (Å²) in [6.45, 7) is 4.79. The molecule has 0 aliphatic carbocycles. The molecule has 0 bridgehead atoms. The van der Waals surface area contributed by atoms with Crippen molar-refractivity contribution in [3.8, 4) is 5.75 Å². The molecule has 13 heteroatoms. The first kappa shape index (κ1) is 29.5. The van der Waals surface area contributed by atoms with Crippen LogP contribution in [0.1, 0.15) is 26.3 Å². The highest BCUT2D eigenvalue weighted by molar-refractivity contribution is 7.92. The Kier molecular flexibility index (Phi) is 9.95. The van der Waals surface area contributed by atoms with Gasteiger partial charge in [-0.15, -0.1) is 0 Å². The second-order valence-electron chi connectivity index (χ2n) is 8.85. The van der Waals surface area contributed by atoms with Gasteiger partial charge >= 0.3 is 0 Å². The highest BCUT2D eigenvalue weighted by atomic mass is 32.2. The molecule has 0 spiro atoms. The van der Waals surface area contributed by atoms with Gasteiger partial charge in [-0.2, -0.15) is 0 Å². The molecule has 0 aliphatic heterocycles. The number of hydrogen-bond donors (Lipinski definition) is 1. The van der Waals surface area contributed by atoms with Crippen LogP contribution in [0.2, 0.25) is 0 Å². The standard InChI is InChI=1S/C24H31FN4O7S/c1-16(2)13-26-24(31)17(3)27(14-18-6-8-19(25)9-7-18)23(30)15-28(37(5,34)35)21-12-20(29(32)33)10-11-22(21)36-4/h6-12,16-17H,13-15H2,1-5H3,(H,26,31). The van der Waals surface area contributed by atoms with Gasteiger partial charge in [0.2, 0.25) is 21.8 Å². The number of hydrogen-bond acceptors (Lipinski definition) is 7. The van der Waals surface area contributed by atoms with E-state index in [1.165, 1.54) is 49.3 Å². The normalized spacial score (nSPS) is 12.1. The number of carbonyl (C=O) groups excluding carboxylic acids is 2. The molecule has 202 valence electrons. The minimum atomic E-state index is -4.13. The van der Waals surface area contributed by atoms with Crippen molar-refractivity contribution in [2.45, 2.75) is 33.4 Å². The van der Waals surface area contributed by atoms with E-state index < -0.39 is 50.9 Å². The van der Waals surface area contributed by atoms with E-state index in [2.05, 4.69) is 5.32 Å². The third kappa shape index (κ3) is 8.13. The highest BCUT2D eigenvalue weighted by Gasteiger charge is 2.32. The van der Waals surface area contributed by atoms with Crippen LogP contribution in [-0.4, -0.2) is 62.6 Å². The van der Waals surface area contributed by atoms with Gasteiger partial charge in [0.25, 0.3) is 5.69 Å². The molecule has 0 aromatic heterocycles. The largest absolute Gasteiger partial charge is 0.495 e. The van der Waals surface area contributed by atoms with E-state index in [4.69, 9.17) is 4.74 Å². The fraction of sp³-hybridized carbons (Fsp3) is 0.417. The van der Waals surface area contributed by atoms with Gasteiger partial charge in [-0.25, -0.2) is 12.8 Å². The van der Waals surface area contributed by atoms with Gasteiger partial charge < -0.3 is 15.0 Å². The fourth-order valence-electron chi connectivity index (χ4n) is 3.40. The van der Waals surface area contributed by atoms with Crippen LogP contribution in [0.3, 0.4) is 0 Å². The first-order valence-electron chi connectivity index (χ1n) is 11.4. The number of nitro groups is 1. The van der Waals surface area contributed by atoms with E-state index in [1.54, 1.807) is 0 Å². The van der Waals surface area contributed by atoms with Crippen LogP contribution >= 0.6 is 0 Å². The predicted octanol–water partition coefficient (Wildman–Crippen LogP) is 2.70. The zero-order valence-electron chi connectivity index (χ0n) is 21.3. The van der Waals surface area contributed by atoms with Crippen molar-refractivity contribution in [2.24, 2.45) is 5.92 Å². The molecule has 0 aliphatic rings. The summed E-state index contributed by atoms with van der Waals surface area (Å²) in [6.07, 6.45) is 0.849. The molecule has 2 aromatic rings. The Labute approximate surface area is 215 Å². The Morgan fingerprint density at radius 2 is 1.76 bits per heavy atom. The Morgan fingerprint density at radius 1 is 1.14 bits per heavy atom. The number of rotatable bonds is 12. The molecule has 2 rings (SSSR count). The van der Waals surface area contributed by atoms with Crippen molar-refractivity contribution < 1.29 is 32.1 Å². The number of amides is 2. The predicted molar refractivity (Wildman–Crippen MR) is 136 cm³/mol. The summed E-state index contributed by atoms with van der Waals surface area (Å²) in [6, 6.07) is 7.68. The van der Waals surface area contributed by atoms with Crippen LogP contribution in [-0.2, 0) is 26.2 Å². The van der Waals surface area contributed by atoms with Crippen molar-refractivity contribution >= 4 is 33.2 Å². The van der Waals surface area contributed by atoms with E-state index >= 15 is 0 Å². The first-order chi connectivity index (χ1) is 17.2. The number of ether oxygens (including phenoxy) is 1. The third-order valence-corrected chi connectivity index (χ3v) is 6.57. The fourth-order valence-corrected chi connectivity index (χ4v) is 4.25. The van der Waals surface area contributed by atoms with E-state index in [1.807, 2.05) is 13.8 Å². The molecule has 1 unspecified atom stereocenters. The highest BCUT2D eigenvalue weighted by Crippen LogP contribution is 2.33. The van der Waals surface area contributed by atoms with Gasteiger partial charge in [-0.3, -0.25) is 24.0 Å². The van der Waals surface area contributed by atoms with Gasteiger partial charge in [0.05, 0.1) is 18.3 Å². The van der Waals surface area contributed by atoms with Crippen LogP contribution in [0.15, 0.2) is 42.5 Å². The number of nitrogens with zero attached hydrogens (tertiary/aromatic N) is 3. The summed E-state index contributed by atoms with van der Waals surface area (Å²) in [7, 11) is -2.88. The van der Waals surface area contributed by atoms with Crippen molar-refractivity contribution in [2.75, 3.05) is 30.8 Å². The summed E-state index contributed by atoms with van der Waals surface area (Å²) in [5.41, 5.74) is -0.0928. The number of benzene rings is 2. The third-order valence-electron chi connectivity index (χ3n) is 5.44. The maximum Gasteiger partial charge on any atom is 0.271 e. The van der Waals surface area contributed by atoms with Gasteiger partial charge in [0, 0.05) is 25.2 Å². The smallest absolute Gasteiger partial charge is 0.271 e. The monoisotopic (exact) mass is 538 g/mol. The van der Waals surface area contributed by atoms with Crippen molar-refractivity contribution in [1.29, 1.82) is 0 Å². The van der Waals surface area contributed by atoms with E-state index in [9.17, 15) is 32.5 Å². The molecule has 2 amide bonds. The molecule has 1 N–H and O–H groups in total. The van der Waals surface area contributed by atoms with Crippen molar-refractivity contribution in [1.82, 2.24) is 10.2 Å². The molecule has 0 heterocycles. The van der Waals surface area contributed by atoms with Crippen molar-refractivity contribution in [3.05, 3.63) is 64.0 Å². The van der Waals surface area contributed by atoms with E-state index in [0.717, 1.165) is 18.4 Å². The van der Waals surface area contributed by atoms with Gasteiger partial charge in [-0.1, -0.05) is 26.0 Å². The number of methoxy groups -OCH3 is 1. The number of anilines is 1. The molecule has 37 heavy (non-hydrogen) atoms. The topological polar surface area (TPSA) is 139 Å². The minimum absolute atomic E-state index is 0.00312. The lowest BCUT2D eigenvalue weighted by atomic mass is 10.1. The molecule has 0 saturated carbocycles. The minimum Gasteiger partial charge on any atom is -0.495 e. The first-order valence-corrected chi connectivity index (χ1v) is 13.2. The maximum absolute atomic E-state index is 13.5. The number of nitro benzene ring substituents is 1. The van der Waals surface area contributed by atoms with Gasteiger partial charge in [-0.05, 0) is 36.6 Å². The summed E-state index contributed by atoms with van der Waals surface area (Å²) >= 11 is 0. The molecular weight excluding hydrogens is 507 g/mol. The number of halogens is 1. The average Bonchev–Trinajstić information content (AvgIpc) is 2.83. The Morgan fingerprint density at radius 3 is 2.27 bits per heavy atom. The van der Waals surface area contributed by atoms with Crippen LogP contribution in [0.4, 0.5) is 15.8 Å². The van der Waals surface area contributed by atoms with Crippen molar-refractivity contribution in [3.63, 3.8) is 0 Å². The SMILES string of the molecule is COc1ccc([N+](=O)[O-])cc1N(CC(=O)N(Cc1ccc(F)cc1)C(C)C(=O)NCC(C)C)S(C)(=O)=O. The van der Waals surface area contributed by atoms with Gasteiger partial charge in [0.15, 0.2) is 0 Å². The maximum atomic E-state index is 13.5. The quantitative estimate of drug-likeness (QED) is 0.324. The Balaban J connectivity index is 2.48. The molecule has 0 fully saturated rings. The zero-order valence-corrected chi connectivity index (χ0v) is 22.1. The molecule has 0 radical (unpaired) electrons. The van der Waals surface area contributed by atoms with Gasteiger partial charge in [0.1, 0.15) is 29.8 Å². The van der Waals surface area contributed by atoms with Crippen LogP contribution < -0.4 is 14.4 Å². The molecule has 11 nitrogen and oxygen atoms in total.